The first-order valence-electron chi connectivity index (χ1n) is 7.43. The molecule has 0 bridgehead atoms. The number of methoxy groups -OCH3 is 1. The molecule has 0 aliphatic heterocycles. The van der Waals surface area contributed by atoms with Crippen LogP contribution in [0.1, 0.15) is 23.2 Å². The van der Waals surface area contributed by atoms with Crippen LogP contribution in [0.15, 0.2) is 29.3 Å². The largest absolute Gasteiger partial charge is 0.496 e. The molecule has 0 spiro atoms. The second-order valence-corrected chi connectivity index (χ2v) is 7.91. The Morgan fingerprint density at radius 1 is 1.33 bits per heavy atom. The van der Waals surface area contributed by atoms with Gasteiger partial charge in [-0.3, -0.25) is 0 Å². The number of nitrogens with one attached hydrogen (secondary N) is 1. The lowest BCUT2D eigenvalue weighted by Gasteiger charge is -2.10. The summed E-state index contributed by atoms with van der Waals surface area (Å²) in [5.41, 5.74) is 1.19. The molecule has 0 atom stereocenters. The van der Waals surface area contributed by atoms with Crippen molar-refractivity contribution in [1.29, 1.82) is 0 Å². The summed E-state index contributed by atoms with van der Waals surface area (Å²) in [6.07, 6.45) is 0.737. The number of hydrogen-bond donors (Lipinski definition) is 1. The fourth-order valence-corrected chi connectivity index (χ4v) is 4.62. The Bertz CT molecular complexity index is 976. The van der Waals surface area contributed by atoms with Crippen LogP contribution in [-0.4, -0.2) is 30.1 Å². The highest BCUT2D eigenvalue weighted by atomic mass is 32.2. The Kier molecular flexibility index (Phi) is 4.57. The van der Waals surface area contributed by atoms with Crippen LogP contribution in [0, 0.1) is 6.92 Å². The van der Waals surface area contributed by atoms with Gasteiger partial charge in [0.1, 0.15) is 10.8 Å². The van der Waals surface area contributed by atoms with E-state index in [4.69, 9.17) is 4.74 Å². The van der Waals surface area contributed by atoms with E-state index in [0.717, 1.165) is 17.0 Å². The minimum Gasteiger partial charge on any atom is -0.496 e. The smallest absolute Gasteiger partial charge is 0.260 e. The number of hydrogen-bond acceptors (Lipinski definition) is 6. The normalized spacial score (nSPS) is 12.0. The molecular formula is C15H18N4O3S2. The summed E-state index contributed by atoms with van der Waals surface area (Å²) in [7, 11) is -2.20. The van der Waals surface area contributed by atoms with Gasteiger partial charge in [-0.2, -0.15) is 9.61 Å². The van der Waals surface area contributed by atoms with Crippen molar-refractivity contribution in [1.82, 2.24) is 19.3 Å². The van der Waals surface area contributed by atoms with Crippen LogP contribution < -0.4 is 9.46 Å². The Morgan fingerprint density at radius 2 is 2.08 bits per heavy atom. The molecule has 0 amide bonds. The van der Waals surface area contributed by atoms with E-state index in [-0.39, 0.29) is 11.6 Å². The van der Waals surface area contributed by atoms with Crippen LogP contribution in [-0.2, 0) is 23.0 Å². The summed E-state index contributed by atoms with van der Waals surface area (Å²) in [6, 6.07) is 7.28. The maximum Gasteiger partial charge on any atom is 0.260 e. The van der Waals surface area contributed by atoms with Crippen molar-refractivity contribution in [3.05, 3.63) is 40.5 Å². The van der Waals surface area contributed by atoms with E-state index in [1.807, 2.05) is 25.1 Å². The van der Waals surface area contributed by atoms with Gasteiger partial charge in [0, 0.05) is 12.1 Å². The predicted octanol–water partition coefficient (Wildman–Crippen LogP) is 2.15. The van der Waals surface area contributed by atoms with Gasteiger partial charge in [-0.25, -0.2) is 18.1 Å². The number of imidazole rings is 1. The molecule has 7 nitrogen and oxygen atoms in total. The van der Waals surface area contributed by atoms with Crippen molar-refractivity contribution < 1.29 is 13.2 Å². The topological polar surface area (TPSA) is 85.6 Å². The lowest BCUT2D eigenvalue weighted by atomic mass is 10.2. The summed E-state index contributed by atoms with van der Waals surface area (Å²) < 4.78 is 34.8. The highest BCUT2D eigenvalue weighted by molar-refractivity contribution is 7.89. The molecule has 0 saturated heterocycles. The lowest BCUT2D eigenvalue weighted by Crippen LogP contribution is -2.25. The maximum absolute atomic E-state index is 12.8. The number of rotatable bonds is 6. The number of aromatic nitrogens is 3. The number of nitrogens with zero attached hydrogens (tertiary/aromatic N) is 3. The van der Waals surface area contributed by atoms with Crippen LogP contribution in [0.5, 0.6) is 5.75 Å². The van der Waals surface area contributed by atoms with Crippen molar-refractivity contribution in [2.75, 3.05) is 7.11 Å². The fourth-order valence-electron chi connectivity index (χ4n) is 2.41. The van der Waals surface area contributed by atoms with Gasteiger partial charge in [-0.15, -0.1) is 0 Å². The molecule has 3 rings (SSSR count). The summed E-state index contributed by atoms with van der Waals surface area (Å²) in [5.74, 6) is 0.636. The van der Waals surface area contributed by atoms with E-state index in [1.54, 1.807) is 20.1 Å². The molecule has 9 heteroatoms. The quantitative estimate of drug-likeness (QED) is 0.722. The van der Waals surface area contributed by atoms with Gasteiger partial charge in [0.25, 0.3) is 10.0 Å². The van der Waals surface area contributed by atoms with E-state index >= 15 is 0 Å². The predicted molar refractivity (Wildman–Crippen MR) is 92.0 cm³/mol. The van der Waals surface area contributed by atoms with Gasteiger partial charge in [0.2, 0.25) is 4.96 Å². The first kappa shape index (κ1) is 16.9. The minimum atomic E-state index is -3.75. The van der Waals surface area contributed by atoms with Crippen LogP contribution in [0.2, 0.25) is 0 Å². The Labute approximate surface area is 144 Å². The van der Waals surface area contributed by atoms with Crippen molar-refractivity contribution >= 4 is 26.3 Å². The molecule has 24 heavy (non-hydrogen) atoms. The number of aryl methyl sites for hydroxylation is 2. The third-order valence-electron chi connectivity index (χ3n) is 3.57. The van der Waals surface area contributed by atoms with Gasteiger partial charge in [-0.05, 0) is 19.4 Å². The lowest BCUT2D eigenvalue weighted by molar-refractivity contribution is 0.409. The average molecular weight is 366 g/mol. The summed E-state index contributed by atoms with van der Waals surface area (Å²) >= 11 is 1.40. The molecule has 0 saturated carbocycles. The molecule has 0 aliphatic rings. The minimum absolute atomic E-state index is 0.0864. The van der Waals surface area contributed by atoms with Gasteiger partial charge < -0.3 is 4.74 Å². The molecule has 1 aromatic carbocycles. The molecule has 0 unspecified atom stereocenters. The van der Waals surface area contributed by atoms with Gasteiger partial charge in [-0.1, -0.05) is 36.5 Å². The molecule has 0 radical (unpaired) electrons. The van der Waals surface area contributed by atoms with Crippen LogP contribution in [0.3, 0.4) is 0 Å². The summed E-state index contributed by atoms with van der Waals surface area (Å²) in [4.78, 5) is 4.90. The van der Waals surface area contributed by atoms with Gasteiger partial charge >= 0.3 is 0 Å². The van der Waals surface area contributed by atoms with E-state index in [1.165, 1.54) is 15.9 Å². The second-order valence-electron chi connectivity index (χ2n) is 5.18. The van der Waals surface area contributed by atoms with Crippen LogP contribution in [0.4, 0.5) is 0 Å². The van der Waals surface area contributed by atoms with Crippen molar-refractivity contribution in [2.45, 2.75) is 31.8 Å². The van der Waals surface area contributed by atoms with E-state index in [0.29, 0.717) is 16.4 Å². The summed E-state index contributed by atoms with van der Waals surface area (Å²) in [6.45, 7) is 3.77. The highest BCUT2D eigenvalue weighted by Gasteiger charge is 2.25. The SMILES string of the molecule is CCc1nn2c(S(=O)(=O)NCc3ccccc3OC)c(C)nc2s1. The van der Waals surface area contributed by atoms with E-state index in [2.05, 4.69) is 14.8 Å². The molecule has 0 aliphatic carbocycles. The summed E-state index contributed by atoms with van der Waals surface area (Å²) in [5, 5.41) is 5.27. The van der Waals surface area contributed by atoms with E-state index in [9.17, 15) is 8.42 Å². The highest BCUT2D eigenvalue weighted by Crippen LogP contribution is 2.23. The molecule has 1 N–H and O–H groups in total. The van der Waals surface area contributed by atoms with Gasteiger partial charge in [0.15, 0.2) is 5.03 Å². The standard InChI is InChI=1S/C15H18N4O3S2/c1-4-13-18-19-14(10(2)17-15(19)23-13)24(20,21)16-9-11-7-5-6-8-12(11)22-3/h5-8,16H,4,9H2,1-3H3. The van der Waals surface area contributed by atoms with Crippen LogP contribution >= 0.6 is 11.3 Å². The zero-order valence-electron chi connectivity index (χ0n) is 13.6. The number of ether oxygens (including phenoxy) is 1. The zero-order chi connectivity index (χ0) is 17.3. The zero-order valence-corrected chi connectivity index (χ0v) is 15.2. The molecule has 128 valence electrons. The maximum atomic E-state index is 12.8. The second kappa shape index (κ2) is 6.50. The first-order chi connectivity index (χ1) is 11.5. The number of sulfonamides is 1. The van der Waals surface area contributed by atoms with Crippen molar-refractivity contribution in [3.8, 4) is 5.75 Å². The number of benzene rings is 1. The molecule has 3 aromatic rings. The fraction of sp³-hybridized carbons (Fsp3) is 0.333. The van der Waals surface area contributed by atoms with Gasteiger partial charge in [0.05, 0.1) is 12.8 Å². The third-order valence-corrected chi connectivity index (χ3v) is 6.12. The monoisotopic (exact) mass is 366 g/mol. The van der Waals surface area contributed by atoms with Crippen molar-refractivity contribution in [2.24, 2.45) is 0 Å². The molecule has 2 heterocycles. The average Bonchev–Trinajstić information content (AvgIpc) is 3.08. The number of para-hydroxylation sites is 1. The Morgan fingerprint density at radius 3 is 2.79 bits per heavy atom. The molecule has 2 aromatic heterocycles. The van der Waals surface area contributed by atoms with Crippen molar-refractivity contribution in [3.63, 3.8) is 0 Å². The Balaban J connectivity index is 1.93. The van der Waals surface area contributed by atoms with E-state index < -0.39 is 10.0 Å². The molecular weight excluding hydrogens is 348 g/mol. The third kappa shape index (κ3) is 3.02. The Hall–Kier alpha value is -1.97. The number of fused-ring (bicyclic) bond motifs is 1. The first-order valence-corrected chi connectivity index (χ1v) is 9.73. The molecule has 0 fully saturated rings. The van der Waals surface area contributed by atoms with Crippen LogP contribution in [0.25, 0.3) is 4.96 Å².